The van der Waals surface area contributed by atoms with Gasteiger partial charge in [-0.15, -0.1) is 5.10 Å². The van der Waals surface area contributed by atoms with Crippen LogP contribution in [0.2, 0.25) is 0 Å². The summed E-state index contributed by atoms with van der Waals surface area (Å²) in [6.07, 6.45) is 0.508. The molecule has 0 fully saturated rings. The Hall–Kier alpha value is -1.47. The van der Waals surface area contributed by atoms with Crippen molar-refractivity contribution in [3.05, 3.63) is 11.4 Å². The van der Waals surface area contributed by atoms with E-state index in [1.165, 1.54) is 0 Å². The highest BCUT2D eigenvalue weighted by Crippen LogP contribution is 2.12. The number of aliphatic hydroxyl groups excluding tert-OH is 1. The largest absolute Gasteiger partial charge is 0.481 e. The van der Waals surface area contributed by atoms with E-state index in [-0.39, 0.29) is 25.6 Å². The van der Waals surface area contributed by atoms with Crippen LogP contribution in [-0.2, 0) is 29.1 Å². The van der Waals surface area contributed by atoms with E-state index in [1.54, 1.807) is 11.8 Å². The Morgan fingerprint density at radius 2 is 2.28 bits per heavy atom. The topological polar surface area (TPSA) is 97.5 Å². The number of aliphatic hydroxyl groups is 1. The Morgan fingerprint density at radius 1 is 1.56 bits per heavy atom. The van der Waals surface area contributed by atoms with Crippen molar-refractivity contribution in [3.8, 4) is 0 Å². The maximum absolute atomic E-state index is 10.7. The average Bonchev–Trinajstić information content (AvgIpc) is 2.62. The van der Waals surface area contributed by atoms with E-state index in [9.17, 15) is 4.79 Å². The van der Waals surface area contributed by atoms with Crippen molar-refractivity contribution in [2.45, 2.75) is 32.9 Å². The summed E-state index contributed by atoms with van der Waals surface area (Å²) >= 11 is 0. The fourth-order valence-electron chi connectivity index (χ4n) is 1.70. The van der Waals surface area contributed by atoms with Crippen molar-refractivity contribution in [2.24, 2.45) is 5.92 Å². The van der Waals surface area contributed by atoms with Crippen LogP contribution in [0.3, 0.4) is 0 Å². The van der Waals surface area contributed by atoms with Crippen molar-refractivity contribution >= 4 is 5.97 Å². The number of nitrogens with zero attached hydrogens (tertiary/aromatic N) is 3. The number of rotatable bonds is 8. The van der Waals surface area contributed by atoms with E-state index in [4.69, 9.17) is 14.9 Å². The van der Waals surface area contributed by atoms with Crippen LogP contribution in [-0.4, -0.2) is 44.9 Å². The van der Waals surface area contributed by atoms with E-state index >= 15 is 0 Å². The first-order chi connectivity index (χ1) is 8.58. The molecule has 0 aliphatic heterocycles. The molecule has 102 valence electrons. The molecule has 1 aromatic rings. The Morgan fingerprint density at radius 3 is 2.83 bits per heavy atom. The minimum atomic E-state index is -0.942. The first kappa shape index (κ1) is 14.6. The van der Waals surface area contributed by atoms with Gasteiger partial charge in [-0.05, 0) is 12.3 Å². The summed E-state index contributed by atoms with van der Waals surface area (Å²) in [6, 6.07) is 0. The second-order valence-electron chi connectivity index (χ2n) is 4.29. The average molecular weight is 257 g/mol. The number of carbonyl (C=O) groups is 1. The molecule has 0 saturated heterocycles. The molecular weight excluding hydrogens is 238 g/mol. The molecule has 1 rings (SSSR count). The highest BCUT2D eigenvalue weighted by Gasteiger charge is 2.16. The van der Waals surface area contributed by atoms with Gasteiger partial charge in [0.05, 0.1) is 24.4 Å². The molecule has 1 atom stereocenters. The number of aromatic nitrogens is 3. The van der Waals surface area contributed by atoms with Crippen LogP contribution in [0, 0.1) is 5.92 Å². The zero-order valence-corrected chi connectivity index (χ0v) is 10.7. The molecular formula is C11H19N3O4. The van der Waals surface area contributed by atoms with Crippen LogP contribution in [0.1, 0.15) is 24.7 Å². The van der Waals surface area contributed by atoms with Gasteiger partial charge >= 0.3 is 5.97 Å². The van der Waals surface area contributed by atoms with Gasteiger partial charge in [0.2, 0.25) is 0 Å². The zero-order chi connectivity index (χ0) is 13.5. The molecule has 0 radical (unpaired) electrons. The second kappa shape index (κ2) is 7.07. The second-order valence-corrected chi connectivity index (χ2v) is 4.29. The van der Waals surface area contributed by atoms with Gasteiger partial charge in [0, 0.05) is 20.3 Å². The number of hydrogen-bond donors (Lipinski definition) is 2. The van der Waals surface area contributed by atoms with Gasteiger partial charge in [0.25, 0.3) is 0 Å². The fraction of sp³-hybridized carbons (Fsp3) is 0.727. The summed E-state index contributed by atoms with van der Waals surface area (Å²) in [4.78, 5) is 10.7. The zero-order valence-electron chi connectivity index (χ0n) is 10.7. The van der Waals surface area contributed by atoms with Crippen LogP contribution in [0.5, 0.6) is 0 Å². The van der Waals surface area contributed by atoms with Crippen LogP contribution < -0.4 is 0 Å². The normalized spacial score (nSPS) is 12.6. The summed E-state index contributed by atoms with van der Waals surface area (Å²) in [5.41, 5.74) is 1.12. The van der Waals surface area contributed by atoms with Gasteiger partial charge in [-0.3, -0.25) is 4.79 Å². The summed E-state index contributed by atoms with van der Waals surface area (Å²) in [6.45, 7) is 2.98. The fourth-order valence-corrected chi connectivity index (χ4v) is 1.70. The molecule has 1 aromatic heterocycles. The summed E-state index contributed by atoms with van der Waals surface area (Å²) in [5, 5.41) is 25.5. The molecule has 18 heavy (non-hydrogen) atoms. The lowest BCUT2D eigenvalue weighted by Gasteiger charge is -2.12. The third-order valence-electron chi connectivity index (χ3n) is 2.62. The van der Waals surface area contributed by atoms with Gasteiger partial charge in [0.1, 0.15) is 0 Å². The number of carboxylic acid groups (broad SMARTS) is 1. The molecule has 0 aromatic carbocycles. The quantitative estimate of drug-likeness (QED) is 0.684. The highest BCUT2D eigenvalue weighted by molar-refractivity contribution is 5.69. The molecule has 1 unspecified atom stereocenters. The third-order valence-corrected chi connectivity index (χ3v) is 2.62. The number of carboxylic acids is 1. The first-order valence-electron chi connectivity index (χ1n) is 5.81. The Bertz CT molecular complexity index is 392. The van der Waals surface area contributed by atoms with E-state index in [1.807, 2.05) is 6.92 Å². The van der Waals surface area contributed by atoms with Gasteiger partial charge in [0.15, 0.2) is 0 Å². The SMILES string of the molecule is COCc1c(CC(=O)O)nnn1CC(C)CCO. The van der Waals surface area contributed by atoms with Gasteiger partial charge in [-0.25, -0.2) is 4.68 Å². The monoisotopic (exact) mass is 257 g/mol. The first-order valence-corrected chi connectivity index (χ1v) is 5.81. The molecule has 2 N–H and O–H groups in total. The summed E-state index contributed by atoms with van der Waals surface area (Å²) < 4.78 is 6.70. The van der Waals surface area contributed by atoms with E-state index < -0.39 is 5.97 Å². The maximum Gasteiger partial charge on any atom is 0.309 e. The molecule has 1 heterocycles. The van der Waals surface area contributed by atoms with Crippen molar-refractivity contribution in [2.75, 3.05) is 13.7 Å². The molecule has 7 heteroatoms. The molecule has 0 bridgehead atoms. The molecule has 0 amide bonds. The van der Waals surface area contributed by atoms with Crippen molar-refractivity contribution < 1.29 is 19.7 Å². The predicted molar refractivity (Wildman–Crippen MR) is 62.9 cm³/mol. The standard InChI is InChI=1S/C11H19N3O4/c1-8(3-4-15)6-14-10(7-18-2)9(12-13-14)5-11(16)17/h8,15H,3-7H2,1-2H3,(H,16,17). The van der Waals surface area contributed by atoms with Gasteiger partial charge < -0.3 is 14.9 Å². The van der Waals surface area contributed by atoms with Crippen LogP contribution >= 0.6 is 0 Å². The molecule has 7 nitrogen and oxygen atoms in total. The number of hydrogen-bond acceptors (Lipinski definition) is 5. The van der Waals surface area contributed by atoms with Gasteiger partial charge in [-0.2, -0.15) is 0 Å². The molecule has 0 aliphatic carbocycles. The highest BCUT2D eigenvalue weighted by atomic mass is 16.5. The van der Waals surface area contributed by atoms with Crippen LogP contribution in [0.25, 0.3) is 0 Å². The Balaban J connectivity index is 2.83. The Kier molecular flexibility index (Phi) is 5.73. The molecule has 0 spiro atoms. The lowest BCUT2D eigenvalue weighted by molar-refractivity contribution is -0.136. The van der Waals surface area contributed by atoms with Crippen LogP contribution in [0.15, 0.2) is 0 Å². The Labute approximate surface area is 105 Å². The summed E-state index contributed by atoms with van der Waals surface area (Å²) in [7, 11) is 1.54. The smallest absolute Gasteiger partial charge is 0.309 e. The third kappa shape index (κ3) is 4.08. The lowest BCUT2D eigenvalue weighted by Crippen LogP contribution is -2.14. The van der Waals surface area contributed by atoms with E-state index in [0.717, 1.165) is 0 Å². The van der Waals surface area contributed by atoms with Crippen molar-refractivity contribution in [3.63, 3.8) is 0 Å². The van der Waals surface area contributed by atoms with Crippen LogP contribution in [0.4, 0.5) is 0 Å². The van der Waals surface area contributed by atoms with Crippen molar-refractivity contribution in [1.82, 2.24) is 15.0 Å². The predicted octanol–water partition coefficient (Wildman–Crippen LogP) is 0.0701. The van der Waals surface area contributed by atoms with Crippen molar-refractivity contribution in [1.29, 1.82) is 0 Å². The number of aliphatic carboxylic acids is 1. The maximum atomic E-state index is 10.7. The minimum absolute atomic E-state index is 0.122. The number of ether oxygens (including phenoxy) is 1. The molecule has 0 aliphatic rings. The van der Waals surface area contributed by atoms with E-state index in [0.29, 0.717) is 24.4 Å². The lowest BCUT2D eigenvalue weighted by atomic mass is 10.1. The van der Waals surface area contributed by atoms with Gasteiger partial charge in [-0.1, -0.05) is 12.1 Å². The minimum Gasteiger partial charge on any atom is -0.481 e. The summed E-state index contributed by atoms with van der Waals surface area (Å²) in [5.74, 6) is -0.701. The molecule has 0 saturated carbocycles. The number of methoxy groups -OCH3 is 1. The van der Waals surface area contributed by atoms with E-state index in [2.05, 4.69) is 10.3 Å².